The lowest BCUT2D eigenvalue weighted by molar-refractivity contribution is 0.328. The van der Waals surface area contributed by atoms with Gasteiger partial charge in [-0.3, -0.25) is 0 Å². The summed E-state index contributed by atoms with van der Waals surface area (Å²) in [5.74, 6) is 0. The monoisotopic (exact) mass is 282 g/mol. The number of hydrogen-bond donors (Lipinski definition) is 2. The van der Waals surface area contributed by atoms with Crippen LogP contribution in [-0.4, -0.2) is 75.2 Å². The molecular weight excluding hydrogens is 248 g/mol. The van der Waals surface area contributed by atoms with Crippen molar-refractivity contribution in [3.8, 4) is 0 Å². The Morgan fingerprint density at radius 3 is 1.35 bits per heavy atom. The van der Waals surface area contributed by atoms with Crippen LogP contribution < -0.4 is 10.6 Å². The van der Waals surface area contributed by atoms with E-state index in [1.807, 2.05) is 0 Å². The van der Waals surface area contributed by atoms with Crippen LogP contribution in [0.3, 0.4) is 0 Å². The van der Waals surface area contributed by atoms with Gasteiger partial charge >= 0.3 is 0 Å². The van der Waals surface area contributed by atoms with Crippen LogP contribution in [0.1, 0.15) is 38.5 Å². The maximum absolute atomic E-state index is 3.54. The van der Waals surface area contributed by atoms with Crippen LogP contribution >= 0.6 is 0 Å². The van der Waals surface area contributed by atoms with Crippen molar-refractivity contribution < 1.29 is 0 Å². The number of rotatable bonds is 11. The molecular formula is C16H34N4. The molecule has 20 heavy (non-hydrogen) atoms. The molecule has 0 unspecified atom stereocenters. The lowest BCUT2D eigenvalue weighted by Gasteiger charge is -2.15. The van der Waals surface area contributed by atoms with Gasteiger partial charge in [0.05, 0.1) is 0 Å². The summed E-state index contributed by atoms with van der Waals surface area (Å²) >= 11 is 0. The maximum Gasteiger partial charge on any atom is 0.00767 e. The van der Waals surface area contributed by atoms with Crippen molar-refractivity contribution in [3.63, 3.8) is 0 Å². The van der Waals surface area contributed by atoms with Crippen LogP contribution in [0.4, 0.5) is 0 Å². The molecule has 0 aliphatic carbocycles. The minimum Gasteiger partial charge on any atom is -0.315 e. The summed E-state index contributed by atoms with van der Waals surface area (Å²) in [5.41, 5.74) is 0. The first kappa shape index (κ1) is 16.2. The van der Waals surface area contributed by atoms with Crippen molar-refractivity contribution in [2.45, 2.75) is 38.5 Å². The first-order valence-electron chi connectivity index (χ1n) is 8.81. The second-order valence-corrected chi connectivity index (χ2v) is 6.30. The van der Waals surface area contributed by atoms with E-state index in [-0.39, 0.29) is 0 Å². The molecule has 0 aromatic carbocycles. The topological polar surface area (TPSA) is 30.5 Å². The summed E-state index contributed by atoms with van der Waals surface area (Å²) in [4.78, 5) is 5.19. The Balaban J connectivity index is 1.26. The molecule has 0 aromatic rings. The standard InChI is InChI=1S/C16H34N4/c1-2-12-19(11-1)15-5-7-17-9-10-18-8-6-16-20-13-3-4-14-20/h17-18H,1-16H2. The van der Waals surface area contributed by atoms with E-state index in [0.29, 0.717) is 0 Å². The van der Waals surface area contributed by atoms with Crippen LogP contribution in [0.15, 0.2) is 0 Å². The molecule has 0 radical (unpaired) electrons. The molecule has 0 spiro atoms. The first-order valence-corrected chi connectivity index (χ1v) is 8.81. The van der Waals surface area contributed by atoms with E-state index in [1.54, 1.807) is 0 Å². The van der Waals surface area contributed by atoms with E-state index in [1.165, 1.54) is 90.9 Å². The molecule has 2 N–H and O–H groups in total. The Kier molecular flexibility index (Phi) is 8.55. The summed E-state index contributed by atoms with van der Waals surface area (Å²) in [7, 11) is 0. The van der Waals surface area contributed by atoms with Gasteiger partial charge in [-0.2, -0.15) is 0 Å². The zero-order chi connectivity index (χ0) is 13.9. The lowest BCUT2D eigenvalue weighted by atomic mass is 10.3. The molecule has 2 aliphatic rings. The summed E-state index contributed by atoms with van der Waals surface area (Å²) in [5, 5.41) is 7.08. The van der Waals surface area contributed by atoms with Gasteiger partial charge in [0, 0.05) is 13.1 Å². The highest BCUT2D eigenvalue weighted by atomic mass is 15.1. The van der Waals surface area contributed by atoms with E-state index in [2.05, 4.69) is 20.4 Å². The molecule has 0 amide bonds. The van der Waals surface area contributed by atoms with Gasteiger partial charge in [0.25, 0.3) is 0 Å². The van der Waals surface area contributed by atoms with Gasteiger partial charge in [0.2, 0.25) is 0 Å². The first-order chi connectivity index (χ1) is 9.95. The van der Waals surface area contributed by atoms with Crippen LogP contribution in [0, 0.1) is 0 Å². The summed E-state index contributed by atoms with van der Waals surface area (Å²) in [6.45, 7) is 12.5. The Morgan fingerprint density at radius 1 is 0.550 bits per heavy atom. The molecule has 2 saturated heterocycles. The fourth-order valence-corrected chi connectivity index (χ4v) is 3.29. The van der Waals surface area contributed by atoms with Gasteiger partial charge < -0.3 is 20.4 Å². The average Bonchev–Trinajstić information content (AvgIpc) is 3.14. The minimum atomic E-state index is 1.11. The Bertz CT molecular complexity index is 199. The average molecular weight is 282 g/mol. The second kappa shape index (κ2) is 10.6. The molecule has 0 aromatic heterocycles. The third kappa shape index (κ3) is 7.02. The van der Waals surface area contributed by atoms with Crippen LogP contribution in [0.5, 0.6) is 0 Å². The van der Waals surface area contributed by atoms with E-state index in [4.69, 9.17) is 0 Å². The fourth-order valence-electron chi connectivity index (χ4n) is 3.29. The van der Waals surface area contributed by atoms with Crippen molar-refractivity contribution in [2.75, 3.05) is 65.4 Å². The summed E-state index contributed by atoms with van der Waals surface area (Å²) < 4.78 is 0. The molecule has 2 aliphatic heterocycles. The second-order valence-electron chi connectivity index (χ2n) is 6.30. The van der Waals surface area contributed by atoms with Gasteiger partial charge in [-0.1, -0.05) is 0 Å². The van der Waals surface area contributed by atoms with Crippen molar-refractivity contribution in [3.05, 3.63) is 0 Å². The highest BCUT2D eigenvalue weighted by Gasteiger charge is 2.10. The lowest BCUT2D eigenvalue weighted by Crippen LogP contribution is -2.31. The van der Waals surface area contributed by atoms with Crippen molar-refractivity contribution in [1.82, 2.24) is 20.4 Å². The molecule has 0 saturated carbocycles. The number of nitrogens with one attached hydrogen (secondary N) is 2. The molecule has 4 heteroatoms. The van der Waals surface area contributed by atoms with E-state index in [0.717, 1.165) is 13.1 Å². The highest BCUT2D eigenvalue weighted by Crippen LogP contribution is 2.07. The smallest absolute Gasteiger partial charge is 0.00767 e. The minimum absolute atomic E-state index is 1.11. The van der Waals surface area contributed by atoms with Crippen molar-refractivity contribution in [1.29, 1.82) is 0 Å². The van der Waals surface area contributed by atoms with Crippen molar-refractivity contribution in [2.24, 2.45) is 0 Å². The SMILES string of the molecule is C1CCN(CCCNCCNCCCN2CCCC2)C1. The zero-order valence-corrected chi connectivity index (χ0v) is 13.2. The molecule has 118 valence electrons. The highest BCUT2D eigenvalue weighted by molar-refractivity contribution is 4.67. The van der Waals surface area contributed by atoms with Gasteiger partial charge in [-0.25, -0.2) is 0 Å². The quantitative estimate of drug-likeness (QED) is 0.556. The predicted octanol–water partition coefficient (Wildman–Crippen LogP) is 1.14. The molecule has 2 heterocycles. The van der Waals surface area contributed by atoms with Crippen LogP contribution in [0.25, 0.3) is 0 Å². The van der Waals surface area contributed by atoms with Gasteiger partial charge in [-0.15, -0.1) is 0 Å². The van der Waals surface area contributed by atoms with Gasteiger partial charge in [-0.05, 0) is 90.9 Å². The third-order valence-corrected chi connectivity index (χ3v) is 4.53. The number of hydrogen-bond acceptors (Lipinski definition) is 4. The number of nitrogens with zero attached hydrogens (tertiary/aromatic N) is 2. The normalized spacial score (nSPS) is 21.0. The van der Waals surface area contributed by atoms with Crippen LogP contribution in [0.2, 0.25) is 0 Å². The zero-order valence-electron chi connectivity index (χ0n) is 13.2. The van der Waals surface area contributed by atoms with Crippen molar-refractivity contribution >= 4 is 0 Å². The van der Waals surface area contributed by atoms with E-state index < -0.39 is 0 Å². The van der Waals surface area contributed by atoms with Crippen LogP contribution in [-0.2, 0) is 0 Å². The summed E-state index contributed by atoms with van der Waals surface area (Å²) in [6, 6.07) is 0. The largest absolute Gasteiger partial charge is 0.315 e. The Hall–Kier alpha value is -0.160. The van der Waals surface area contributed by atoms with E-state index in [9.17, 15) is 0 Å². The predicted molar refractivity (Wildman–Crippen MR) is 86.3 cm³/mol. The maximum atomic E-state index is 3.54. The Labute approximate surface area is 125 Å². The Morgan fingerprint density at radius 2 is 0.950 bits per heavy atom. The molecule has 0 bridgehead atoms. The van der Waals surface area contributed by atoms with Gasteiger partial charge in [0.15, 0.2) is 0 Å². The van der Waals surface area contributed by atoms with E-state index >= 15 is 0 Å². The fraction of sp³-hybridized carbons (Fsp3) is 1.00. The molecule has 2 rings (SSSR count). The third-order valence-electron chi connectivity index (χ3n) is 4.53. The summed E-state index contributed by atoms with van der Waals surface area (Å²) in [6.07, 6.45) is 8.25. The van der Waals surface area contributed by atoms with Gasteiger partial charge in [0.1, 0.15) is 0 Å². The molecule has 2 fully saturated rings. The molecule has 0 atom stereocenters. The molecule has 4 nitrogen and oxygen atoms in total. The number of likely N-dealkylation sites (tertiary alicyclic amines) is 2.